The van der Waals surface area contributed by atoms with E-state index in [1.165, 1.54) is 22.2 Å². The molecule has 2 aromatic rings. The number of β-lactam (4-membered cyclic amide) rings is 1. The van der Waals surface area contributed by atoms with E-state index < -0.39 is 40.0 Å². The van der Waals surface area contributed by atoms with Crippen LogP contribution in [-0.4, -0.2) is 73.0 Å². The quantitative estimate of drug-likeness (QED) is 0.208. The fourth-order valence-electron chi connectivity index (χ4n) is 10.8. The molecule has 3 saturated carbocycles. The van der Waals surface area contributed by atoms with Crippen LogP contribution in [0.25, 0.3) is 11.3 Å². The number of aryl methyl sites for hydroxylation is 1. The molecule has 3 heterocycles. The number of Topliss-reactive ketones (excluding diaryl/α,β-unsaturated/α-hetero) is 1. The molecule has 8 rings (SSSR count). The average Bonchev–Trinajstić information content (AvgIpc) is 3.72. The van der Waals surface area contributed by atoms with Crippen LogP contribution in [0.1, 0.15) is 106 Å². The molecular formula is C39H45N3O8S. The smallest absolute Gasteiger partial charge is 0.338 e. The number of carbonyl (C=O) groups excluding carboxylic acids is 4. The first-order valence-electron chi connectivity index (χ1n) is 18.2. The van der Waals surface area contributed by atoms with Crippen LogP contribution in [0.15, 0.2) is 40.4 Å². The molecule has 1 aromatic heterocycles. The second-order valence-corrected chi connectivity index (χ2v) is 18.4. The third-order valence-corrected chi connectivity index (χ3v) is 15.1. The zero-order chi connectivity index (χ0) is 36.2. The lowest BCUT2D eigenvalue weighted by atomic mass is 9.48. The van der Waals surface area contributed by atoms with Crippen LogP contribution in [-0.2, 0) is 19.1 Å². The van der Waals surface area contributed by atoms with Crippen molar-refractivity contribution >= 4 is 41.3 Å². The topological polar surface area (TPSA) is 156 Å². The van der Waals surface area contributed by atoms with Crippen molar-refractivity contribution in [2.75, 3.05) is 0 Å². The van der Waals surface area contributed by atoms with Crippen molar-refractivity contribution in [1.82, 2.24) is 15.4 Å². The van der Waals surface area contributed by atoms with E-state index in [0.717, 1.165) is 38.5 Å². The summed E-state index contributed by atoms with van der Waals surface area (Å²) in [5.41, 5.74) is 2.78. The summed E-state index contributed by atoms with van der Waals surface area (Å²) in [7, 11) is 0. The van der Waals surface area contributed by atoms with Gasteiger partial charge in [-0.2, -0.15) is 0 Å². The van der Waals surface area contributed by atoms with Gasteiger partial charge in [0.1, 0.15) is 46.4 Å². The minimum absolute atomic E-state index is 0.0936. The molecule has 9 atom stereocenters. The van der Waals surface area contributed by atoms with E-state index in [9.17, 15) is 29.1 Å². The number of nitrogens with zero attached hydrogens (tertiary/aromatic N) is 2. The Bertz CT molecular complexity index is 1880. The molecule has 4 aliphatic carbocycles. The molecule has 5 fully saturated rings. The highest BCUT2D eigenvalue weighted by molar-refractivity contribution is 8.01. The lowest BCUT2D eigenvalue weighted by Crippen LogP contribution is -2.70. The minimum atomic E-state index is -1.07. The lowest BCUT2D eigenvalue weighted by molar-refractivity contribution is -0.159. The van der Waals surface area contributed by atoms with Crippen LogP contribution < -0.4 is 5.32 Å². The second-order valence-electron chi connectivity index (χ2n) is 16.6. The summed E-state index contributed by atoms with van der Waals surface area (Å²) in [6, 6.07) is 4.91. The van der Waals surface area contributed by atoms with Gasteiger partial charge in [0, 0.05) is 28.6 Å². The average molecular weight is 716 g/mol. The molecule has 12 heteroatoms. The Morgan fingerprint density at radius 1 is 1.04 bits per heavy atom. The van der Waals surface area contributed by atoms with Crippen LogP contribution in [0, 0.1) is 35.5 Å². The lowest BCUT2D eigenvalue weighted by Gasteiger charge is -2.57. The van der Waals surface area contributed by atoms with Gasteiger partial charge < -0.3 is 24.6 Å². The molecule has 11 nitrogen and oxygen atoms in total. The van der Waals surface area contributed by atoms with Gasteiger partial charge >= 0.3 is 11.9 Å². The Kier molecular flexibility index (Phi) is 7.90. The van der Waals surface area contributed by atoms with E-state index in [4.69, 9.17) is 9.26 Å². The van der Waals surface area contributed by atoms with E-state index in [1.807, 2.05) is 0 Å². The monoisotopic (exact) mass is 715 g/mol. The predicted molar refractivity (Wildman–Crippen MR) is 188 cm³/mol. The number of ether oxygens (including phenoxy) is 1. The number of carboxylic acid groups (broad SMARTS) is 1. The van der Waals surface area contributed by atoms with Gasteiger partial charge in [0.25, 0.3) is 5.91 Å². The number of allylic oxidation sites excluding steroid dienone is 2. The summed E-state index contributed by atoms with van der Waals surface area (Å²) in [5.74, 6) is -0.215. The van der Waals surface area contributed by atoms with Gasteiger partial charge in [-0.1, -0.05) is 42.8 Å². The molecule has 9 unspecified atom stereocenters. The van der Waals surface area contributed by atoms with Gasteiger partial charge in [-0.3, -0.25) is 14.4 Å². The Balaban J connectivity index is 0.937. The minimum Gasteiger partial charge on any atom is -0.480 e. The zero-order valence-electron chi connectivity index (χ0n) is 29.7. The van der Waals surface area contributed by atoms with Crippen molar-refractivity contribution < 1.29 is 38.3 Å². The molecule has 2 amide bonds. The molecule has 0 bridgehead atoms. The number of carbonyl (C=O) groups is 5. The van der Waals surface area contributed by atoms with Crippen molar-refractivity contribution in [3.05, 3.63) is 52.8 Å². The number of ketones is 1. The number of esters is 1. The van der Waals surface area contributed by atoms with E-state index in [1.54, 1.807) is 45.0 Å². The molecule has 0 radical (unpaired) electrons. The fraction of sp³-hybridized carbons (Fsp3) is 0.590. The molecule has 0 spiro atoms. The van der Waals surface area contributed by atoms with Crippen LogP contribution in [0.2, 0.25) is 0 Å². The molecule has 6 aliphatic rings. The normalized spacial score (nSPS) is 36.2. The third-order valence-electron chi connectivity index (χ3n) is 13.5. The number of nitrogens with one attached hydrogen (secondary N) is 1. The van der Waals surface area contributed by atoms with Crippen molar-refractivity contribution in [3.8, 4) is 11.3 Å². The van der Waals surface area contributed by atoms with Crippen LogP contribution >= 0.6 is 11.8 Å². The first-order valence-corrected chi connectivity index (χ1v) is 19.0. The van der Waals surface area contributed by atoms with Gasteiger partial charge in [0.15, 0.2) is 0 Å². The molecule has 1 aromatic carbocycles. The second kappa shape index (κ2) is 11.8. The van der Waals surface area contributed by atoms with Gasteiger partial charge in [0.05, 0.1) is 5.56 Å². The Morgan fingerprint density at radius 3 is 2.51 bits per heavy atom. The molecule has 51 heavy (non-hydrogen) atoms. The van der Waals surface area contributed by atoms with E-state index >= 15 is 0 Å². The Morgan fingerprint density at radius 2 is 1.78 bits per heavy atom. The van der Waals surface area contributed by atoms with E-state index in [0.29, 0.717) is 47.5 Å². The molecule has 2 N–H and O–H groups in total. The number of hydrogen-bond acceptors (Lipinski definition) is 9. The molecule has 2 aliphatic heterocycles. The maximum Gasteiger partial charge on any atom is 0.338 e. The van der Waals surface area contributed by atoms with Crippen molar-refractivity contribution in [2.45, 2.75) is 114 Å². The number of hydrogen-bond donors (Lipinski definition) is 2. The maximum atomic E-state index is 13.6. The third kappa shape index (κ3) is 5.13. The van der Waals surface area contributed by atoms with Crippen molar-refractivity contribution in [3.63, 3.8) is 0 Å². The highest BCUT2D eigenvalue weighted by Crippen LogP contribution is 2.65. The standard InChI is InChI=1S/C39H45N3O8S/c1-19-28(32(44)40-30-33(45)42-31(35(46)47)37(2,3)51-34(30)42)29(41-50-19)20-6-8-21(9-7-20)36(48)49-27-13-12-25-24-11-10-22-18-23(43)14-16-38(22,4)26(24)15-17-39(25,27)5/h6-10,24-27,30-31,34H,11-18H2,1-5H3,(H,40,44)(H,46,47). The summed E-state index contributed by atoms with van der Waals surface area (Å²) in [5, 5.41) is 16.1. The molecular weight excluding hydrogens is 671 g/mol. The predicted octanol–water partition coefficient (Wildman–Crippen LogP) is 5.95. The Labute approximate surface area is 301 Å². The first kappa shape index (κ1) is 34.2. The van der Waals surface area contributed by atoms with Crippen LogP contribution in [0.3, 0.4) is 0 Å². The van der Waals surface area contributed by atoms with Crippen LogP contribution in [0.4, 0.5) is 0 Å². The number of thioether (sulfide) groups is 1. The highest BCUT2D eigenvalue weighted by Gasteiger charge is 2.64. The first-order chi connectivity index (χ1) is 24.1. The number of fused-ring (bicyclic) bond motifs is 6. The summed E-state index contributed by atoms with van der Waals surface area (Å²) in [6.45, 7) is 9.86. The summed E-state index contributed by atoms with van der Waals surface area (Å²) in [6.07, 6.45) is 9.40. The SMILES string of the molecule is Cc1onc(-c2ccc(C(=O)OC3CCC4C5CC=C6CC(=O)CCC6(C)C5CCC34C)cc2)c1C(=O)NC1C(=O)N2C1SC(C)(C)C2C(=O)O. The van der Waals surface area contributed by atoms with Crippen LogP contribution in [0.5, 0.6) is 0 Å². The Hall–Kier alpha value is -3.93. The summed E-state index contributed by atoms with van der Waals surface area (Å²) < 4.78 is 11.0. The maximum absolute atomic E-state index is 13.6. The van der Waals surface area contributed by atoms with Crippen molar-refractivity contribution in [1.29, 1.82) is 0 Å². The van der Waals surface area contributed by atoms with E-state index in [-0.39, 0.29) is 39.9 Å². The number of benzene rings is 1. The van der Waals surface area contributed by atoms with Gasteiger partial charge in [-0.15, -0.1) is 11.8 Å². The number of aliphatic carboxylic acids is 1. The number of amides is 2. The highest BCUT2D eigenvalue weighted by atomic mass is 32.2. The number of aromatic nitrogens is 1. The van der Waals surface area contributed by atoms with Gasteiger partial charge in [-0.25, -0.2) is 9.59 Å². The largest absolute Gasteiger partial charge is 0.480 e. The summed E-state index contributed by atoms with van der Waals surface area (Å²) in [4.78, 5) is 65.5. The number of rotatable bonds is 6. The van der Waals surface area contributed by atoms with Gasteiger partial charge in [0.2, 0.25) is 5.91 Å². The van der Waals surface area contributed by atoms with Crippen molar-refractivity contribution in [2.24, 2.45) is 28.6 Å². The number of carboxylic acids is 1. The molecule has 270 valence electrons. The molecule has 2 saturated heterocycles. The van der Waals surface area contributed by atoms with E-state index in [2.05, 4.69) is 30.4 Å². The summed E-state index contributed by atoms with van der Waals surface area (Å²) >= 11 is 1.35. The van der Waals surface area contributed by atoms with Gasteiger partial charge in [-0.05, 0) is 94.6 Å². The fourth-order valence-corrected chi connectivity index (χ4v) is 12.4. The zero-order valence-corrected chi connectivity index (χ0v) is 30.5.